The smallest absolute Gasteiger partial charge is 0.193 e. The lowest BCUT2D eigenvalue weighted by Gasteiger charge is -2.37. The molecule has 2 aliphatic rings. The lowest BCUT2D eigenvalue weighted by atomic mass is 9.97. The molecule has 148 valence electrons. The first kappa shape index (κ1) is 19.9. The molecule has 0 bridgehead atoms. The van der Waals surface area contributed by atoms with Crippen molar-refractivity contribution in [2.24, 2.45) is 10.9 Å². The average Bonchev–Trinajstić information content (AvgIpc) is 2.70. The zero-order chi connectivity index (χ0) is 19.1. The highest BCUT2D eigenvalue weighted by atomic mass is 15.3. The van der Waals surface area contributed by atoms with Gasteiger partial charge in [-0.15, -0.1) is 0 Å². The molecule has 0 aromatic heterocycles. The van der Waals surface area contributed by atoms with Gasteiger partial charge in [0.1, 0.15) is 0 Å². The first-order valence-electron chi connectivity index (χ1n) is 10.6. The van der Waals surface area contributed by atoms with Gasteiger partial charge in [0.15, 0.2) is 5.96 Å². The Bertz CT molecular complexity index is 625. The molecule has 1 aromatic rings. The molecule has 2 saturated heterocycles. The summed E-state index contributed by atoms with van der Waals surface area (Å²) >= 11 is 0. The number of guanidine groups is 1. The summed E-state index contributed by atoms with van der Waals surface area (Å²) in [6, 6.07) is 11.3. The highest BCUT2D eigenvalue weighted by molar-refractivity contribution is 5.80. The largest absolute Gasteiger partial charge is 0.356 e. The first-order chi connectivity index (χ1) is 13.2. The van der Waals surface area contributed by atoms with E-state index in [9.17, 15) is 0 Å². The van der Waals surface area contributed by atoms with Crippen molar-refractivity contribution in [2.75, 3.05) is 39.8 Å². The quantitative estimate of drug-likeness (QED) is 0.647. The van der Waals surface area contributed by atoms with Crippen molar-refractivity contribution in [1.29, 1.82) is 0 Å². The Morgan fingerprint density at radius 3 is 2.59 bits per heavy atom. The van der Waals surface area contributed by atoms with Crippen molar-refractivity contribution in [3.8, 4) is 0 Å². The molecule has 3 rings (SSSR count). The van der Waals surface area contributed by atoms with E-state index in [0.717, 1.165) is 44.4 Å². The minimum absolute atomic E-state index is 0.657. The van der Waals surface area contributed by atoms with Crippen LogP contribution in [0.4, 0.5) is 0 Å². The second-order valence-corrected chi connectivity index (χ2v) is 8.23. The number of aliphatic imine (C=N–C) groups is 1. The van der Waals surface area contributed by atoms with Crippen molar-refractivity contribution in [3.63, 3.8) is 0 Å². The summed E-state index contributed by atoms with van der Waals surface area (Å²) in [6.45, 7) is 10.2. The second kappa shape index (κ2) is 9.93. The van der Waals surface area contributed by atoms with E-state index in [2.05, 4.69) is 70.4 Å². The van der Waals surface area contributed by atoms with Crippen LogP contribution >= 0.6 is 0 Å². The third kappa shape index (κ3) is 5.83. The van der Waals surface area contributed by atoms with Gasteiger partial charge in [-0.25, -0.2) is 0 Å². The molecule has 2 aliphatic heterocycles. The van der Waals surface area contributed by atoms with E-state index >= 15 is 0 Å². The lowest BCUT2D eigenvalue weighted by molar-refractivity contribution is 0.140. The van der Waals surface area contributed by atoms with Crippen LogP contribution in [0.3, 0.4) is 0 Å². The van der Waals surface area contributed by atoms with E-state index in [4.69, 9.17) is 0 Å². The van der Waals surface area contributed by atoms with E-state index in [0.29, 0.717) is 6.04 Å². The molecule has 2 heterocycles. The minimum Gasteiger partial charge on any atom is -0.356 e. The normalized spacial score (nSPS) is 22.2. The monoisotopic (exact) mass is 368 g/mol. The molecule has 0 radical (unpaired) electrons. The maximum absolute atomic E-state index is 4.56. The number of rotatable bonds is 4. The van der Waals surface area contributed by atoms with Crippen molar-refractivity contribution < 1.29 is 0 Å². The van der Waals surface area contributed by atoms with Gasteiger partial charge in [-0.2, -0.15) is 0 Å². The van der Waals surface area contributed by atoms with E-state index in [-0.39, 0.29) is 0 Å². The fourth-order valence-electron chi connectivity index (χ4n) is 4.24. The predicted octanol–water partition coefficient (Wildman–Crippen LogP) is 3.86. The highest BCUT2D eigenvalue weighted by Gasteiger charge is 2.23. The van der Waals surface area contributed by atoms with Crippen LogP contribution in [0.15, 0.2) is 40.9 Å². The highest BCUT2D eigenvalue weighted by Crippen LogP contribution is 2.20. The van der Waals surface area contributed by atoms with Crippen molar-refractivity contribution >= 4 is 12.0 Å². The Labute approximate surface area is 165 Å². The molecule has 0 saturated carbocycles. The molecule has 1 aromatic carbocycles. The van der Waals surface area contributed by atoms with Gasteiger partial charge in [-0.3, -0.25) is 4.99 Å². The summed E-state index contributed by atoms with van der Waals surface area (Å²) in [7, 11) is 1.92. The van der Waals surface area contributed by atoms with Gasteiger partial charge in [-0.1, -0.05) is 42.0 Å². The average molecular weight is 369 g/mol. The lowest BCUT2D eigenvalue weighted by Crippen LogP contribution is -2.48. The summed E-state index contributed by atoms with van der Waals surface area (Å²) in [6.07, 6.45) is 7.26. The summed E-state index contributed by atoms with van der Waals surface area (Å²) in [5.74, 6) is 1.81. The molecule has 27 heavy (non-hydrogen) atoms. The Morgan fingerprint density at radius 2 is 1.93 bits per heavy atom. The van der Waals surface area contributed by atoms with Crippen LogP contribution in [-0.4, -0.2) is 61.6 Å². The Morgan fingerprint density at radius 1 is 1.19 bits per heavy atom. The molecule has 4 nitrogen and oxygen atoms in total. The van der Waals surface area contributed by atoms with E-state index in [1.54, 1.807) is 5.57 Å². The fourth-order valence-corrected chi connectivity index (χ4v) is 4.24. The zero-order valence-corrected chi connectivity index (χ0v) is 17.3. The SMILES string of the molecule is CN=C(NCC1CCCN(C(C)C)C1)N1CCC(=Cc2ccccc2)CC1. The Hall–Kier alpha value is -1.81. The minimum atomic E-state index is 0.657. The number of piperidine rings is 2. The predicted molar refractivity (Wildman–Crippen MR) is 116 cm³/mol. The van der Waals surface area contributed by atoms with Crippen LogP contribution in [0.25, 0.3) is 6.08 Å². The zero-order valence-electron chi connectivity index (χ0n) is 17.3. The summed E-state index contributed by atoms with van der Waals surface area (Å²) < 4.78 is 0. The number of hydrogen-bond donors (Lipinski definition) is 1. The van der Waals surface area contributed by atoms with Crippen molar-refractivity contribution in [3.05, 3.63) is 41.5 Å². The number of nitrogens with one attached hydrogen (secondary N) is 1. The van der Waals surface area contributed by atoms with E-state index in [1.807, 2.05) is 7.05 Å². The third-order valence-electron chi connectivity index (χ3n) is 5.92. The van der Waals surface area contributed by atoms with Gasteiger partial charge in [0, 0.05) is 39.3 Å². The maximum Gasteiger partial charge on any atom is 0.193 e. The Balaban J connectivity index is 1.47. The molecule has 2 fully saturated rings. The van der Waals surface area contributed by atoms with Crippen LogP contribution in [-0.2, 0) is 0 Å². The molecule has 1 unspecified atom stereocenters. The van der Waals surface area contributed by atoms with Gasteiger partial charge in [0.2, 0.25) is 0 Å². The molecule has 0 spiro atoms. The van der Waals surface area contributed by atoms with Gasteiger partial charge in [0.25, 0.3) is 0 Å². The molecule has 1 atom stereocenters. The Kier molecular flexibility index (Phi) is 7.33. The first-order valence-corrected chi connectivity index (χ1v) is 10.6. The molecule has 4 heteroatoms. The van der Waals surface area contributed by atoms with Gasteiger partial charge < -0.3 is 15.1 Å². The van der Waals surface area contributed by atoms with Crippen molar-refractivity contribution in [1.82, 2.24) is 15.1 Å². The molecule has 0 aliphatic carbocycles. The second-order valence-electron chi connectivity index (χ2n) is 8.23. The van der Waals surface area contributed by atoms with Gasteiger partial charge in [0.05, 0.1) is 0 Å². The standard InChI is InChI=1S/C23H36N4/c1-19(2)27-13-7-10-22(18-27)17-25-23(24-3)26-14-11-21(12-15-26)16-20-8-5-4-6-9-20/h4-6,8-9,16,19,22H,7,10-15,17-18H2,1-3H3,(H,24,25). The van der Waals surface area contributed by atoms with Crippen LogP contribution in [0.5, 0.6) is 0 Å². The van der Waals surface area contributed by atoms with Crippen LogP contribution in [0.1, 0.15) is 45.1 Å². The number of hydrogen-bond acceptors (Lipinski definition) is 2. The van der Waals surface area contributed by atoms with Crippen LogP contribution < -0.4 is 5.32 Å². The summed E-state index contributed by atoms with van der Waals surface area (Å²) in [5, 5.41) is 3.66. The van der Waals surface area contributed by atoms with E-state index in [1.165, 1.54) is 31.5 Å². The van der Waals surface area contributed by atoms with Gasteiger partial charge >= 0.3 is 0 Å². The molecule has 0 amide bonds. The van der Waals surface area contributed by atoms with E-state index < -0.39 is 0 Å². The maximum atomic E-state index is 4.56. The number of likely N-dealkylation sites (tertiary alicyclic amines) is 2. The summed E-state index contributed by atoms with van der Waals surface area (Å²) in [5.41, 5.74) is 2.86. The summed E-state index contributed by atoms with van der Waals surface area (Å²) in [4.78, 5) is 9.59. The van der Waals surface area contributed by atoms with Crippen molar-refractivity contribution in [2.45, 2.75) is 45.6 Å². The van der Waals surface area contributed by atoms with Crippen LogP contribution in [0, 0.1) is 5.92 Å². The number of benzene rings is 1. The molecular formula is C23H36N4. The van der Waals surface area contributed by atoms with Gasteiger partial charge in [-0.05, 0) is 57.6 Å². The number of nitrogens with zero attached hydrogens (tertiary/aromatic N) is 3. The molecular weight excluding hydrogens is 332 g/mol. The molecule has 1 N–H and O–H groups in total. The fraction of sp³-hybridized carbons (Fsp3) is 0.609. The third-order valence-corrected chi connectivity index (χ3v) is 5.92. The topological polar surface area (TPSA) is 30.9 Å². The van der Waals surface area contributed by atoms with Crippen LogP contribution in [0.2, 0.25) is 0 Å².